The quantitative estimate of drug-likeness (QED) is 0.373. The maximum absolute atomic E-state index is 11.0. The number of nitrogens with one attached hydrogen (secondary N) is 1. The molecule has 0 aromatic carbocycles. The molecule has 0 aromatic heterocycles. The van der Waals surface area contributed by atoms with Crippen LogP contribution in [0.25, 0.3) is 0 Å². The molecule has 1 amide bonds. The molecule has 0 rings (SSSR count). The lowest BCUT2D eigenvalue weighted by molar-refractivity contribution is -0.150. The van der Waals surface area contributed by atoms with Crippen molar-refractivity contribution in [2.24, 2.45) is 0 Å². The molecule has 1 atom stereocenters. The van der Waals surface area contributed by atoms with Gasteiger partial charge < -0.3 is 15.2 Å². The number of ether oxygens (including phenoxy) is 1. The maximum Gasteiger partial charge on any atom is 0.329 e. The van der Waals surface area contributed by atoms with E-state index in [1.807, 2.05) is 5.32 Å². The third-order valence-electron chi connectivity index (χ3n) is 1.65. The summed E-state index contributed by atoms with van der Waals surface area (Å²) in [6.45, 7) is 0.468. The molecule has 0 saturated carbocycles. The highest BCUT2D eigenvalue weighted by atomic mass is 32.2. The van der Waals surface area contributed by atoms with Crippen LogP contribution in [0.15, 0.2) is 0 Å². The summed E-state index contributed by atoms with van der Waals surface area (Å²) >= 11 is 0. The number of hydrogen-bond donors (Lipinski definition) is 3. The second-order valence-electron chi connectivity index (χ2n) is 3.31. The molecule has 0 aromatic rings. The molecule has 3 N–H and O–H groups in total. The summed E-state index contributed by atoms with van der Waals surface area (Å²) < 4.78 is 33.5. The Morgan fingerprint density at radius 1 is 1.33 bits per heavy atom. The number of rotatable bonds is 7. The van der Waals surface area contributed by atoms with Gasteiger partial charge in [-0.25, -0.2) is 4.79 Å². The van der Waals surface area contributed by atoms with E-state index in [2.05, 4.69) is 4.74 Å². The standard InChI is InChI=1S/C8H13NO8S/c1-5(10)9-6(8(12)13)4-17-7(11)2-3-18(14,15)16/h6H,2-4H2,1H3,(H,9,10)(H,12,13)(H,14,15,16). The number of carboxylic acid groups (broad SMARTS) is 1. The van der Waals surface area contributed by atoms with Crippen molar-refractivity contribution in [3.05, 3.63) is 0 Å². The van der Waals surface area contributed by atoms with Crippen molar-refractivity contribution in [1.29, 1.82) is 0 Å². The predicted octanol–water partition coefficient (Wildman–Crippen LogP) is -1.60. The lowest BCUT2D eigenvalue weighted by atomic mass is 10.3. The van der Waals surface area contributed by atoms with Gasteiger partial charge >= 0.3 is 11.9 Å². The van der Waals surface area contributed by atoms with Crippen LogP contribution in [0.4, 0.5) is 0 Å². The van der Waals surface area contributed by atoms with Crippen LogP contribution in [0.3, 0.4) is 0 Å². The highest BCUT2D eigenvalue weighted by Crippen LogP contribution is 1.94. The van der Waals surface area contributed by atoms with Gasteiger partial charge in [-0.15, -0.1) is 0 Å². The molecule has 0 fully saturated rings. The van der Waals surface area contributed by atoms with Crippen molar-refractivity contribution in [3.8, 4) is 0 Å². The van der Waals surface area contributed by atoms with E-state index < -0.39 is 52.8 Å². The summed E-state index contributed by atoms with van der Waals surface area (Å²) in [5.74, 6) is -3.82. The van der Waals surface area contributed by atoms with Crippen molar-refractivity contribution in [2.45, 2.75) is 19.4 Å². The molecular weight excluding hydrogens is 270 g/mol. The first-order chi connectivity index (χ1) is 8.11. The number of amides is 1. The third kappa shape index (κ3) is 8.47. The first kappa shape index (κ1) is 16.3. The van der Waals surface area contributed by atoms with Crippen LogP contribution in [0, 0.1) is 0 Å². The van der Waals surface area contributed by atoms with E-state index in [1.54, 1.807) is 0 Å². The summed E-state index contributed by atoms with van der Waals surface area (Å²) in [5.41, 5.74) is 0. The highest BCUT2D eigenvalue weighted by Gasteiger charge is 2.20. The van der Waals surface area contributed by atoms with Crippen molar-refractivity contribution in [3.63, 3.8) is 0 Å². The molecule has 0 aliphatic rings. The van der Waals surface area contributed by atoms with Gasteiger partial charge in [-0.05, 0) is 0 Å². The molecule has 18 heavy (non-hydrogen) atoms. The molecule has 0 aliphatic carbocycles. The van der Waals surface area contributed by atoms with Gasteiger partial charge in [-0.2, -0.15) is 8.42 Å². The summed E-state index contributed by atoms with van der Waals surface area (Å²) in [4.78, 5) is 32.3. The lowest BCUT2D eigenvalue weighted by Gasteiger charge is -2.13. The van der Waals surface area contributed by atoms with Crippen LogP contribution < -0.4 is 5.32 Å². The zero-order chi connectivity index (χ0) is 14.3. The van der Waals surface area contributed by atoms with E-state index in [9.17, 15) is 22.8 Å². The second-order valence-corrected chi connectivity index (χ2v) is 4.88. The summed E-state index contributed by atoms with van der Waals surface area (Å²) in [7, 11) is -4.28. The minimum Gasteiger partial charge on any atom is -0.480 e. The molecule has 0 bridgehead atoms. The first-order valence-corrected chi connectivity index (χ1v) is 6.33. The topological polar surface area (TPSA) is 147 Å². The SMILES string of the molecule is CC(=O)NC(COC(=O)CCS(=O)(=O)O)C(=O)O. The minimum absolute atomic E-state index is 0.606. The van der Waals surface area contributed by atoms with Crippen molar-refractivity contribution < 1.29 is 37.2 Å². The van der Waals surface area contributed by atoms with Crippen molar-refractivity contribution >= 4 is 28.0 Å². The van der Waals surface area contributed by atoms with Crippen LogP contribution in [-0.2, 0) is 29.2 Å². The largest absolute Gasteiger partial charge is 0.480 e. The molecule has 0 saturated heterocycles. The Morgan fingerprint density at radius 3 is 2.28 bits per heavy atom. The fourth-order valence-corrected chi connectivity index (χ4v) is 1.31. The van der Waals surface area contributed by atoms with E-state index in [1.165, 1.54) is 0 Å². The molecular formula is C8H13NO8S. The summed E-state index contributed by atoms with van der Waals surface area (Å²) in [6.07, 6.45) is -0.606. The molecule has 0 radical (unpaired) electrons. The van der Waals surface area contributed by atoms with Gasteiger partial charge in [-0.1, -0.05) is 0 Å². The molecule has 10 heteroatoms. The number of carboxylic acids is 1. The van der Waals surface area contributed by atoms with Crippen LogP contribution in [0.1, 0.15) is 13.3 Å². The summed E-state index contributed by atoms with van der Waals surface area (Å²) in [6, 6.07) is -1.41. The van der Waals surface area contributed by atoms with E-state index in [4.69, 9.17) is 9.66 Å². The van der Waals surface area contributed by atoms with Gasteiger partial charge in [0.2, 0.25) is 5.91 Å². The zero-order valence-electron chi connectivity index (χ0n) is 9.45. The molecule has 9 nitrogen and oxygen atoms in total. The average molecular weight is 283 g/mol. The van der Waals surface area contributed by atoms with Crippen LogP contribution in [0.5, 0.6) is 0 Å². The fourth-order valence-electron chi connectivity index (χ4n) is 0.881. The molecule has 0 spiro atoms. The molecule has 104 valence electrons. The lowest BCUT2D eigenvalue weighted by Crippen LogP contribution is -2.43. The number of carbonyl (C=O) groups is 3. The predicted molar refractivity (Wildman–Crippen MR) is 57.2 cm³/mol. The Labute approximate surface area is 103 Å². The van der Waals surface area contributed by atoms with E-state index in [-0.39, 0.29) is 0 Å². The fraction of sp³-hybridized carbons (Fsp3) is 0.625. The van der Waals surface area contributed by atoms with Crippen LogP contribution in [0.2, 0.25) is 0 Å². The van der Waals surface area contributed by atoms with Gasteiger partial charge in [0.25, 0.3) is 10.1 Å². The van der Waals surface area contributed by atoms with Crippen molar-refractivity contribution in [1.82, 2.24) is 5.32 Å². The van der Waals surface area contributed by atoms with Gasteiger partial charge in [0, 0.05) is 6.92 Å². The monoisotopic (exact) mass is 283 g/mol. The number of hydrogen-bond acceptors (Lipinski definition) is 6. The first-order valence-electron chi connectivity index (χ1n) is 4.72. The third-order valence-corrected chi connectivity index (χ3v) is 2.37. The van der Waals surface area contributed by atoms with Gasteiger partial charge in [0.05, 0.1) is 12.2 Å². The molecule has 0 heterocycles. The van der Waals surface area contributed by atoms with Gasteiger partial charge in [0.1, 0.15) is 6.61 Å². The average Bonchev–Trinajstić information content (AvgIpc) is 2.19. The van der Waals surface area contributed by atoms with Crippen LogP contribution in [-0.4, -0.2) is 54.3 Å². The number of aliphatic carboxylic acids is 1. The summed E-state index contributed by atoms with van der Waals surface area (Å²) in [5, 5.41) is 10.7. The maximum atomic E-state index is 11.0. The van der Waals surface area contributed by atoms with E-state index in [0.29, 0.717) is 0 Å². The van der Waals surface area contributed by atoms with Crippen molar-refractivity contribution in [2.75, 3.05) is 12.4 Å². The Kier molecular flexibility index (Phi) is 6.27. The Bertz CT molecular complexity index is 428. The Balaban J connectivity index is 4.16. The van der Waals surface area contributed by atoms with Gasteiger partial charge in [-0.3, -0.25) is 14.1 Å². The van der Waals surface area contributed by atoms with E-state index >= 15 is 0 Å². The van der Waals surface area contributed by atoms with Crippen LogP contribution >= 0.6 is 0 Å². The molecule has 1 unspecified atom stereocenters. The second kappa shape index (κ2) is 6.91. The minimum atomic E-state index is -4.28. The highest BCUT2D eigenvalue weighted by molar-refractivity contribution is 7.85. The number of esters is 1. The number of carbonyl (C=O) groups excluding carboxylic acids is 2. The van der Waals surface area contributed by atoms with E-state index in [0.717, 1.165) is 6.92 Å². The normalized spacial score (nSPS) is 12.6. The Hall–Kier alpha value is -1.68. The zero-order valence-corrected chi connectivity index (χ0v) is 10.3. The van der Waals surface area contributed by atoms with Gasteiger partial charge in [0.15, 0.2) is 6.04 Å². The smallest absolute Gasteiger partial charge is 0.329 e. The molecule has 0 aliphatic heterocycles. The Morgan fingerprint density at radius 2 is 1.89 bits per heavy atom.